The lowest BCUT2D eigenvalue weighted by Crippen LogP contribution is -2.48. The smallest absolute Gasteiger partial charge is 0.251 e. The highest BCUT2D eigenvalue weighted by molar-refractivity contribution is 6.22. The van der Waals surface area contributed by atoms with Crippen molar-refractivity contribution in [1.29, 1.82) is 0 Å². The van der Waals surface area contributed by atoms with E-state index in [-0.39, 0.29) is 18.2 Å². The van der Waals surface area contributed by atoms with E-state index in [1.165, 1.54) is 17.7 Å². The number of amides is 2. The van der Waals surface area contributed by atoms with Crippen molar-refractivity contribution in [3.63, 3.8) is 0 Å². The van der Waals surface area contributed by atoms with Gasteiger partial charge < -0.3 is 10.1 Å². The third-order valence-corrected chi connectivity index (χ3v) is 5.60. The molecule has 0 spiro atoms. The molecule has 1 aliphatic carbocycles. The maximum Gasteiger partial charge on any atom is 0.251 e. The topological polar surface area (TPSA) is 58.6 Å². The number of nitrogens with one attached hydrogen (secondary N) is 1. The van der Waals surface area contributed by atoms with E-state index in [0.29, 0.717) is 29.3 Å². The van der Waals surface area contributed by atoms with Gasteiger partial charge in [0.25, 0.3) is 5.91 Å². The third-order valence-electron chi connectivity index (χ3n) is 5.60. The van der Waals surface area contributed by atoms with Gasteiger partial charge in [-0.3, -0.25) is 9.59 Å². The van der Waals surface area contributed by atoms with Crippen LogP contribution in [0.3, 0.4) is 0 Å². The molecule has 0 aromatic heterocycles. The number of carbonyl (C=O) groups is 2. The summed E-state index contributed by atoms with van der Waals surface area (Å²) in [4.78, 5) is 26.4. The second-order valence-electron chi connectivity index (χ2n) is 7.06. The summed E-state index contributed by atoms with van der Waals surface area (Å²) in [5.74, 6) is 1.60. The highest BCUT2D eigenvalue weighted by Crippen LogP contribution is 2.31. The first-order valence-electron chi connectivity index (χ1n) is 8.78. The number of nitrogens with zero attached hydrogens (tertiary/aromatic N) is 1. The zero-order valence-electron chi connectivity index (χ0n) is 14.6. The Hall–Kier alpha value is -1.88. The maximum atomic E-state index is 12.7. The van der Waals surface area contributed by atoms with Gasteiger partial charge >= 0.3 is 0 Å². The van der Waals surface area contributed by atoms with Crippen LogP contribution >= 0.6 is 0 Å². The van der Waals surface area contributed by atoms with Gasteiger partial charge in [-0.25, -0.2) is 4.90 Å². The fourth-order valence-electron chi connectivity index (χ4n) is 3.84. The van der Waals surface area contributed by atoms with Crippen LogP contribution in [0.5, 0.6) is 5.75 Å². The first kappa shape index (κ1) is 17.0. The van der Waals surface area contributed by atoms with Crippen molar-refractivity contribution in [2.24, 2.45) is 11.8 Å². The molecule has 1 saturated carbocycles. The molecule has 0 bridgehead atoms. The quantitative estimate of drug-likeness (QED) is 0.863. The molecule has 5 heteroatoms. The van der Waals surface area contributed by atoms with Crippen molar-refractivity contribution in [2.45, 2.75) is 51.6 Å². The fourth-order valence-corrected chi connectivity index (χ4v) is 3.84. The predicted molar refractivity (Wildman–Crippen MR) is 93.0 cm³/mol. The molecular weight excluding hydrogens is 304 g/mol. The minimum absolute atomic E-state index is 0.140. The van der Waals surface area contributed by atoms with E-state index in [1.807, 2.05) is 0 Å². The van der Waals surface area contributed by atoms with E-state index in [0.717, 1.165) is 6.42 Å². The Morgan fingerprint density at radius 3 is 2.50 bits per heavy atom. The second-order valence-corrected chi connectivity index (χ2v) is 7.06. The molecule has 1 N–H and O–H groups in total. The molecule has 4 atom stereocenters. The van der Waals surface area contributed by atoms with Gasteiger partial charge in [0.15, 0.2) is 0 Å². The van der Waals surface area contributed by atoms with Crippen LogP contribution in [0.1, 0.15) is 39.5 Å². The maximum absolute atomic E-state index is 12.7. The van der Waals surface area contributed by atoms with Crippen LogP contribution in [0.15, 0.2) is 24.3 Å². The highest BCUT2D eigenvalue weighted by atomic mass is 16.5. The summed E-state index contributed by atoms with van der Waals surface area (Å²) in [7, 11) is 1.59. The normalized spacial score (nSPS) is 30.7. The van der Waals surface area contributed by atoms with Gasteiger partial charge in [0, 0.05) is 6.04 Å². The average molecular weight is 330 g/mol. The third kappa shape index (κ3) is 3.18. The van der Waals surface area contributed by atoms with Crippen LogP contribution in [-0.2, 0) is 9.59 Å². The Morgan fingerprint density at radius 2 is 1.83 bits per heavy atom. The molecule has 0 unspecified atom stereocenters. The number of ether oxygens (including phenoxy) is 1. The lowest BCUT2D eigenvalue weighted by molar-refractivity contribution is -0.121. The lowest BCUT2D eigenvalue weighted by Gasteiger charge is -2.36. The molecule has 1 aromatic carbocycles. The fraction of sp³-hybridized carbons (Fsp3) is 0.579. The number of hydrogen-bond acceptors (Lipinski definition) is 4. The standard InChI is InChI=1S/C19H26N2O3/c1-12-5-4-6-16(13(12)2)20-17-11-18(22)21(19(17)23)14-7-9-15(24-3)10-8-14/h7-10,12-13,16-17,20H,4-6,11H2,1-3H3/t12-,13+,16+,17-/m0/s1. The minimum Gasteiger partial charge on any atom is -0.497 e. The molecule has 1 saturated heterocycles. The number of imide groups is 1. The van der Waals surface area contributed by atoms with Gasteiger partial charge in [0.2, 0.25) is 5.91 Å². The van der Waals surface area contributed by atoms with E-state index in [4.69, 9.17) is 4.74 Å². The first-order chi connectivity index (χ1) is 11.5. The Morgan fingerprint density at radius 1 is 1.12 bits per heavy atom. The van der Waals surface area contributed by atoms with Crippen LogP contribution in [0.2, 0.25) is 0 Å². The highest BCUT2D eigenvalue weighted by Gasteiger charge is 2.41. The number of hydrogen-bond donors (Lipinski definition) is 1. The van der Waals surface area contributed by atoms with Crippen molar-refractivity contribution >= 4 is 17.5 Å². The van der Waals surface area contributed by atoms with Gasteiger partial charge in [0.05, 0.1) is 25.3 Å². The second kappa shape index (κ2) is 6.93. The van der Waals surface area contributed by atoms with Crippen molar-refractivity contribution in [3.05, 3.63) is 24.3 Å². The SMILES string of the molecule is COc1ccc(N2C(=O)C[C@H](N[C@@H]3CCC[C@H](C)[C@H]3C)C2=O)cc1. The molecule has 2 fully saturated rings. The Kier molecular flexibility index (Phi) is 4.90. The molecule has 130 valence electrons. The molecule has 2 aliphatic rings. The Bertz CT molecular complexity index is 614. The molecule has 24 heavy (non-hydrogen) atoms. The summed E-state index contributed by atoms with van der Waals surface area (Å²) >= 11 is 0. The van der Waals surface area contributed by atoms with Gasteiger partial charge in [-0.15, -0.1) is 0 Å². The minimum atomic E-state index is -0.405. The van der Waals surface area contributed by atoms with Crippen molar-refractivity contribution in [3.8, 4) is 5.75 Å². The number of methoxy groups -OCH3 is 1. The summed E-state index contributed by atoms with van der Waals surface area (Å²) < 4.78 is 5.13. The molecule has 2 amide bonds. The zero-order chi connectivity index (χ0) is 17.3. The van der Waals surface area contributed by atoms with Crippen LogP contribution in [0.25, 0.3) is 0 Å². The zero-order valence-corrected chi connectivity index (χ0v) is 14.6. The van der Waals surface area contributed by atoms with Crippen molar-refractivity contribution < 1.29 is 14.3 Å². The van der Waals surface area contributed by atoms with Crippen molar-refractivity contribution in [2.75, 3.05) is 12.0 Å². The number of anilines is 1. The van der Waals surface area contributed by atoms with E-state index < -0.39 is 6.04 Å². The Balaban J connectivity index is 1.71. The summed E-state index contributed by atoms with van der Waals surface area (Å²) in [5, 5.41) is 3.46. The molecule has 1 heterocycles. The monoisotopic (exact) mass is 330 g/mol. The largest absolute Gasteiger partial charge is 0.497 e. The lowest BCUT2D eigenvalue weighted by atomic mass is 9.78. The summed E-state index contributed by atoms with van der Waals surface area (Å²) in [6, 6.07) is 6.94. The van der Waals surface area contributed by atoms with Gasteiger partial charge in [-0.05, 0) is 42.5 Å². The van der Waals surface area contributed by atoms with Crippen LogP contribution in [0, 0.1) is 11.8 Å². The number of carbonyl (C=O) groups excluding carboxylic acids is 2. The van der Waals surface area contributed by atoms with Gasteiger partial charge in [-0.2, -0.15) is 0 Å². The number of rotatable bonds is 4. The molecule has 5 nitrogen and oxygen atoms in total. The summed E-state index contributed by atoms with van der Waals surface area (Å²) in [5.41, 5.74) is 0.611. The Labute approximate surface area is 143 Å². The van der Waals surface area contributed by atoms with Gasteiger partial charge in [-0.1, -0.05) is 26.7 Å². The first-order valence-corrected chi connectivity index (χ1v) is 8.78. The van der Waals surface area contributed by atoms with Crippen LogP contribution < -0.4 is 15.0 Å². The van der Waals surface area contributed by atoms with Gasteiger partial charge in [0.1, 0.15) is 5.75 Å². The molecule has 1 aromatic rings. The molecule has 3 rings (SSSR count). The van der Waals surface area contributed by atoms with Crippen LogP contribution in [0.4, 0.5) is 5.69 Å². The summed E-state index contributed by atoms with van der Waals surface area (Å²) in [6.45, 7) is 4.51. The van der Waals surface area contributed by atoms with E-state index in [9.17, 15) is 9.59 Å². The van der Waals surface area contributed by atoms with E-state index in [1.54, 1.807) is 31.4 Å². The average Bonchev–Trinajstić information content (AvgIpc) is 2.86. The predicted octanol–water partition coefficient (Wildman–Crippen LogP) is 2.74. The molecule has 1 aliphatic heterocycles. The molecule has 0 radical (unpaired) electrons. The van der Waals surface area contributed by atoms with E-state index in [2.05, 4.69) is 19.2 Å². The van der Waals surface area contributed by atoms with E-state index >= 15 is 0 Å². The number of benzene rings is 1. The van der Waals surface area contributed by atoms with Crippen LogP contribution in [-0.4, -0.2) is 31.0 Å². The molecular formula is C19H26N2O3. The summed E-state index contributed by atoms with van der Waals surface area (Å²) in [6.07, 6.45) is 3.74. The van der Waals surface area contributed by atoms with Crippen molar-refractivity contribution in [1.82, 2.24) is 5.32 Å².